The van der Waals surface area contributed by atoms with Gasteiger partial charge in [-0.05, 0) is 44.5 Å². The van der Waals surface area contributed by atoms with E-state index in [2.05, 4.69) is 15.7 Å². The molecule has 0 spiro atoms. The third-order valence-corrected chi connectivity index (χ3v) is 4.50. The first kappa shape index (κ1) is 21.3. The van der Waals surface area contributed by atoms with Gasteiger partial charge in [0.2, 0.25) is 0 Å². The molecule has 1 amide bonds. The van der Waals surface area contributed by atoms with E-state index in [1.54, 1.807) is 6.92 Å². The number of halogens is 3. The molecular weight excluding hydrogens is 405 g/mol. The first-order valence-electron chi connectivity index (χ1n) is 9.05. The van der Waals surface area contributed by atoms with Gasteiger partial charge in [0.25, 0.3) is 5.91 Å². The molecule has 2 atom stereocenters. The van der Waals surface area contributed by atoms with Crippen LogP contribution >= 0.6 is 0 Å². The van der Waals surface area contributed by atoms with Crippen molar-refractivity contribution in [1.29, 1.82) is 0 Å². The number of fused-ring (bicyclic) bond motifs is 1. The molecule has 2 N–H and O–H groups in total. The third-order valence-electron chi connectivity index (χ3n) is 4.50. The van der Waals surface area contributed by atoms with Gasteiger partial charge in [0, 0.05) is 23.4 Å². The number of esters is 1. The van der Waals surface area contributed by atoms with Crippen LogP contribution in [0.1, 0.15) is 47.2 Å². The zero-order chi connectivity index (χ0) is 22.1. The van der Waals surface area contributed by atoms with E-state index in [1.165, 1.54) is 31.2 Å². The van der Waals surface area contributed by atoms with Crippen LogP contribution in [0.2, 0.25) is 0 Å². The van der Waals surface area contributed by atoms with E-state index >= 15 is 0 Å². The summed E-state index contributed by atoms with van der Waals surface area (Å²) in [7, 11) is 0. The zero-order valence-electron chi connectivity index (χ0n) is 16.1. The van der Waals surface area contributed by atoms with Crippen LogP contribution in [0, 0.1) is 0 Å². The summed E-state index contributed by atoms with van der Waals surface area (Å²) in [6.07, 6.45) is -4.74. The van der Waals surface area contributed by atoms with Gasteiger partial charge in [-0.25, -0.2) is 9.48 Å². The first-order chi connectivity index (χ1) is 14.0. The van der Waals surface area contributed by atoms with E-state index in [9.17, 15) is 27.6 Å². The molecule has 1 aliphatic rings. The average molecular weight is 424 g/mol. The number of rotatable bonds is 5. The maximum Gasteiger partial charge on any atom is 0.410 e. The van der Waals surface area contributed by atoms with Crippen LogP contribution in [0.3, 0.4) is 0 Å². The molecule has 0 bridgehead atoms. The Kier molecular flexibility index (Phi) is 5.81. The molecule has 1 aromatic carbocycles. The van der Waals surface area contributed by atoms with Crippen LogP contribution in [0.25, 0.3) is 0 Å². The predicted octanol–water partition coefficient (Wildman–Crippen LogP) is 3.19. The molecule has 0 radical (unpaired) electrons. The van der Waals surface area contributed by atoms with Crippen LogP contribution in [0.4, 0.5) is 24.7 Å². The molecule has 0 aliphatic carbocycles. The number of carbonyl (C=O) groups is 3. The third kappa shape index (κ3) is 4.78. The number of ether oxygens (including phenoxy) is 1. The monoisotopic (exact) mass is 424 g/mol. The molecule has 0 saturated heterocycles. The Balaban J connectivity index is 1.61. The number of hydrogen-bond donors (Lipinski definition) is 2. The molecule has 1 aromatic heterocycles. The van der Waals surface area contributed by atoms with Crippen molar-refractivity contribution in [2.45, 2.75) is 38.5 Å². The van der Waals surface area contributed by atoms with Crippen molar-refractivity contribution in [3.8, 4) is 0 Å². The summed E-state index contributed by atoms with van der Waals surface area (Å²) in [5.41, 5.74) is 0.535. The SMILES string of the molecule is CC(=O)c1ccc(NC(=O)COC(=O)c2cc3n(n2)[C@H](C(F)(F)F)C[C@@H](C)N3)cc1. The molecule has 0 fully saturated rings. The maximum absolute atomic E-state index is 13.3. The van der Waals surface area contributed by atoms with Crippen molar-refractivity contribution in [3.63, 3.8) is 0 Å². The summed E-state index contributed by atoms with van der Waals surface area (Å²) in [4.78, 5) is 35.3. The van der Waals surface area contributed by atoms with E-state index in [0.717, 1.165) is 6.07 Å². The van der Waals surface area contributed by atoms with Gasteiger partial charge in [0.1, 0.15) is 5.82 Å². The van der Waals surface area contributed by atoms with Gasteiger partial charge in [-0.2, -0.15) is 18.3 Å². The van der Waals surface area contributed by atoms with Crippen molar-refractivity contribution in [2.24, 2.45) is 0 Å². The fourth-order valence-corrected chi connectivity index (χ4v) is 3.05. The number of anilines is 2. The lowest BCUT2D eigenvalue weighted by molar-refractivity contribution is -0.173. The second kappa shape index (κ2) is 8.17. The number of carbonyl (C=O) groups excluding carboxylic acids is 3. The number of nitrogens with one attached hydrogen (secondary N) is 2. The fraction of sp³-hybridized carbons (Fsp3) is 0.368. The summed E-state index contributed by atoms with van der Waals surface area (Å²) in [5, 5.41) is 9.04. The quantitative estimate of drug-likeness (QED) is 0.565. The fourth-order valence-electron chi connectivity index (χ4n) is 3.05. The van der Waals surface area contributed by atoms with Crippen LogP contribution in [-0.2, 0) is 9.53 Å². The number of alkyl halides is 3. The predicted molar refractivity (Wildman–Crippen MR) is 100 cm³/mol. The molecule has 1 aliphatic heterocycles. The van der Waals surface area contributed by atoms with Crippen molar-refractivity contribution in [2.75, 3.05) is 17.2 Å². The van der Waals surface area contributed by atoms with E-state index in [0.29, 0.717) is 15.9 Å². The Morgan fingerprint density at radius 2 is 1.93 bits per heavy atom. The largest absolute Gasteiger partial charge is 0.451 e. The van der Waals surface area contributed by atoms with E-state index < -0.39 is 36.7 Å². The molecule has 8 nitrogen and oxygen atoms in total. The van der Waals surface area contributed by atoms with Crippen molar-refractivity contribution in [1.82, 2.24) is 9.78 Å². The van der Waals surface area contributed by atoms with Gasteiger partial charge >= 0.3 is 12.1 Å². The lowest BCUT2D eigenvalue weighted by Crippen LogP contribution is -2.37. The van der Waals surface area contributed by atoms with Crippen molar-refractivity contribution in [3.05, 3.63) is 41.6 Å². The molecule has 160 valence electrons. The van der Waals surface area contributed by atoms with Crippen molar-refractivity contribution >= 4 is 29.2 Å². The Hall–Kier alpha value is -3.37. The van der Waals surface area contributed by atoms with Gasteiger partial charge in [-0.3, -0.25) is 9.59 Å². The minimum absolute atomic E-state index is 0.0537. The summed E-state index contributed by atoms with van der Waals surface area (Å²) in [6, 6.07) is 4.95. The number of aromatic nitrogens is 2. The maximum atomic E-state index is 13.3. The molecule has 11 heteroatoms. The number of hydrogen-bond acceptors (Lipinski definition) is 6. The summed E-state index contributed by atoms with van der Waals surface area (Å²) < 4.78 is 45.3. The number of amides is 1. The highest BCUT2D eigenvalue weighted by molar-refractivity contribution is 5.97. The van der Waals surface area contributed by atoms with Gasteiger partial charge < -0.3 is 15.4 Å². The van der Waals surface area contributed by atoms with E-state index in [-0.39, 0.29) is 23.7 Å². The number of ketones is 1. The Morgan fingerprint density at radius 1 is 1.27 bits per heavy atom. The Morgan fingerprint density at radius 3 is 2.53 bits per heavy atom. The normalized spacial score (nSPS) is 18.2. The molecular formula is C19H19F3N4O4. The number of nitrogens with zero attached hydrogens (tertiary/aromatic N) is 2. The molecule has 2 heterocycles. The van der Waals surface area contributed by atoms with Gasteiger partial charge in [0.15, 0.2) is 24.1 Å². The van der Waals surface area contributed by atoms with E-state index in [4.69, 9.17) is 4.74 Å². The van der Waals surface area contributed by atoms with Crippen LogP contribution < -0.4 is 10.6 Å². The standard InChI is InChI=1S/C19H19F3N4O4/c1-10-7-15(19(20,21)22)26-16(23-10)8-14(25-26)18(29)30-9-17(28)24-13-5-3-12(4-6-13)11(2)27/h3-6,8,10,15,23H,7,9H2,1-2H3,(H,24,28)/t10-,15+/m1/s1. The summed E-state index contributed by atoms with van der Waals surface area (Å²) >= 11 is 0. The summed E-state index contributed by atoms with van der Waals surface area (Å²) in [6.45, 7) is 2.36. The second-order valence-corrected chi connectivity index (χ2v) is 6.96. The zero-order valence-corrected chi connectivity index (χ0v) is 16.1. The summed E-state index contributed by atoms with van der Waals surface area (Å²) in [5.74, 6) is -1.74. The highest BCUT2D eigenvalue weighted by Crippen LogP contribution is 2.39. The van der Waals surface area contributed by atoms with Gasteiger partial charge in [-0.1, -0.05) is 0 Å². The van der Waals surface area contributed by atoms with Crippen molar-refractivity contribution < 1.29 is 32.3 Å². The molecule has 3 rings (SSSR count). The number of Topliss-reactive ketones (excluding diaryl/α,β-unsaturated/α-hetero) is 1. The first-order valence-corrected chi connectivity index (χ1v) is 9.05. The molecule has 0 saturated carbocycles. The number of benzene rings is 1. The minimum atomic E-state index is -4.52. The molecule has 0 unspecified atom stereocenters. The van der Waals surface area contributed by atoms with Gasteiger partial charge in [0.05, 0.1) is 0 Å². The Labute approximate surface area is 169 Å². The topological polar surface area (TPSA) is 102 Å². The minimum Gasteiger partial charge on any atom is -0.451 e. The van der Waals surface area contributed by atoms with Gasteiger partial charge in [-0.15, -0.1) is 0 Å². The molecule has 30 heavy (non-hydrogen) atoms. The average Bonchev–Trinajstić information content (AvgIpc) is 3.09. The van der Waals surface area contributed by atoms with Crippen LogP contribution in [0.15, 0.2) is 30.3 Å². The lowest BCUT2D eigenvalue weighted by atomic mass is 10.1. The van der Waals surface area contributed by atoms with Crippen LogP contribution in [-0.4, -0.2) is 46.3 Å². The second-order valence-electron chi connectivity index (χ2n) is 6.96. The smallest absolute Gasteiger partial charge is 0.410 e. The highest BCUT2D eigenvalue weighted by Gasteiger charge is 2.45. The lowest BCUT2D eigenvalue weighted by Gasteiger charge is -2.31. The molecule has 2 aromatic rings. The highest BCUT2D eigenvalue weighted by atomic mass is 19.4. The van der Waals surface area contributed by atoms with E-state index in [1.807, 2.05) is 0 Å². The van der Waals surface area contributed by atoms with Crippen LogP contribution in [0.5, 0.6) is 0 Å². The Bertz CT molecular complexity index is 969.